The van der Waals surface area contributed by atoms with Crippen molar-refractivity contribution in [1.29, 1.82) is 0 Å². The number of ether oxygens (including phenoxy) is 13. The predicted octanol–water partition coefficient (Wildman–Crippen LogP) is 6.07. The SMILES string of the molecule is CC(=O)N[C@H]1[C@@H](O[C@@H]2[C@@H](OCc3ccccc3)[C@H](C)OC(O)[C@@H]2OC(=O)c2ccccc2)O[C@H](COC(C)=O)[C@@H](OC(C)=O)[C@@H]1O[C@H]1O[C@H](COCc2ccccc2)[C@@H](OCc2ccccc2)[C@H](OCc2ccccc2)[C@H]1OC(C)=O. The lowest BCUT2D eigenvalue weighted by molar-refractivity contribution is -0.368. The van der Waals surface area contributed by atoms with E-state index in [-0.39, 0.29) is 38.6 Å². The van der Waals surface area contributed by atoms with Gasteiger partial charge >= 0.3 is 23.9 Å². The van der Waals surface area contributed by atoms with E-state index in [0.717, 1.165) is 29.2 Å². The van der Waals surface area contributed by atoms with Gasteiger partial charge in [0.2, 0.25) is 5.91 Å². The first-order valence-electron chi connectivity index (χ1n) is 26.7. The Labute approximate surface area is 470 Å². The maximum absolute atomic E-state index is 13.9. The summed E-state index contributed by atoms with van der Waals surface area (Å²) >= 11 is 0. The van der Waals surface area contributed by atoms with Gasteiger partial charge in [0.05, 0.1) is 44.7 Å². The van der Waals surface area contributed by atoms with Gasteiger partial charge in [-0.15, -0.1) is 0 Å². The third-order valence-corrected chi connectivity index (χ3v) is 13.5. The molecule has 0 radical (unpaired) electrons. The Kier molecular flexibility index (Phi) is 22.0. The Morgan fingerprint density at radius 3 is 1.43 bits per heavy atom. The van der Waals surface area contributed by atoms with Crippen LogP contribution in [-0.2, 0) is 107 Å². The molecule has 0 spiro atoms. The number of esters is 4. The quantitative estimate of drug-likeness (QED) is 0.0526. The highest BCUT2D eigenvalue weighted by molar-refractivity contribution is 5.89. The summed E-state index contributed by atoms with van der Waals surface area (Å²) in [4.78, 5) is 66.9. The van der Waals surface area contributed by atoms with Crippen molar-refractivity contribution >= 4 is 29.8 Å². The van der Waals surface area contributed by atoms with Crippen LogP contribution < -0.4 is 5.32 Å². The molecule has 15 atom stereocenters. The molecule has 5 aromatic carbocycles. The molecule has 3 fully saturated rings. The average Bonchev–Trinajstić information content (AvgIpc) is 3.48. The van der Waals surface area contributed by atoms with Gasteiger partial charge in [0.15, 0.2) is 37.2 Å². The van der Waals surface area contributed by atoms with Crippen molar-refractivity contribution in [3.8, 4) is 0 Å². The molecule has 3 saturated heterocycles. The van der Waals surface area contributed by atoms with E-state index < -0.39 is 128 Å². The summed E-state index contributed by atoms with van der Waals surface area (Å²) in [5.41, 5.74) is 3.35. The maximum Gasteiger partial charge on any atom is 0.338 e. The number of aliphatic hydroxyl groups is 1. The third-order valence-electron chi connectivity index (χ3n) is 13.5. The number of aliphatic hydroxyl groups excluding tert-OH is 1. The van der Waals surface area contributed by atoms with E-state index in [1.54, 1.807) is 25.1 Å². The average molecular weight is 1120 g/mol. The van der Waals surface area contributed by atoms with Gasteiger partial charge in [-0.05, 0) is 41.3 Å². The second kappa shape index (κ2) is 29.7. The van der Waals surface area contributed by atoms with E-state index in [0.29, 0.717) is 0 Å². The molecule has 0 bridgehead atoms. The molecule has 8 rings (SSSR count). The molecule has 3 heterocycles. The van der Waals surface area contributed by atoms with Crippen LogP contribution in [0.15, 0.2) is 152 Å². The summed E-state index contributed by atoms with van der Waals surface area (Å²) in [6.07, 6.45) is -19.7. The fraction of sp³-hybridized carbons (Fsp3) is 0.426. The molecule has 2 N–H and O–H groups in total. The van der Waals surface area contributed by atoms with Crippen LogP contribution in [0, 0.1) is 0 Å². The summed E-state index contributed by atoms with van der Waals surface area (Å²) in [6, 6.07) is 43.9. The first kappa shape index (κ1) is 60.2. The van der Waals surface area contributed by atoms with E-state index >= 15 is 0 Å². The Morgan fingerprint density at radius 1 is 0.457 bits per heavy atom. The van der Waals surface area contributed by atoms with E-state index in [4.69, 9.17) is 61.6 Å². The second-order valence-corrected chi connectivity index (χ2v) is 19.7. The van der Waals surface area contributed by atoms with E-state index in [1.807, 2.05) is 121 Å². The third kappa shape index (κ3) is 17.1. The predicted molar refractivity (Wildman–Crippen MR) is 286 cm³/mol. The number of carbonyl (C=O) groups excluding carboxylic acids is 5. The highest BCUT2D eigenvalue weighted by atomic mass is 16.8. The van der Waals surface area contributed by atoms with Crippen molar-refractivity contribution in [2.75, 3.05) is 13.2 Å². The van der Waals surface area contributed by atoms with Crippen molar-refractivity contribution in [2.24, 2.45) is 0 Å². The van der Waals surface area contributed by atoms with Crippen LogP contribution in [0.1, 0.15) is 67.2 Å². The van der Waals surface area contributed by atoms with Crippen LogP contribution in [-0.4, -0.2) is 140 Å². The molecule has 3 aliphatic rings. The Morgan fingerprint density at radius 2 is 0.914 bits per heavy atom. The Balaban J connectivity index is 1.22. The van der Waals surface area contributed by atoms with Gasteiger partial charge in [-0.2, -0.15) is 0 Å². The van der Waals surface area contributed by atoms with Gasteiger partial charge in [0.1, 0.15) is 55.4 Å². The summed E-state index contributed by atoms with van der Waals surface area (Å²) in [5.74, 6) is -3.81. The zero-order valence-electron chi connectivity index (χ0n) is 45.6. The molecule has 20 nitrogen and oxygen atoms in total. The number of hydrogen-bond donors (Lipinski definition) is 2. The topological polar surface area (TPSA) is 238 Å². The lowest BCUT2D eigenvalue weighted by atomic mass is 9.94. The molecule has 20 heteroatoms. The van der Waals surface area contributed by atoms with Crippen LogP contribution in [0.5, 0.6) is 0 Å². The highest BCUT2D eigenvalue weighted by Crippen LogP contribution is 2.38. The fourth-order valence-corrected chi connectivity index (χ4v) is 9.81. The summed E-state index contributed by atoms with van der Waals surface area (Å²) in [7, 11) is 0. The molecule has 0 aliphatic carbocycles. The van der Waals surface area contributed by atoms with Gasteiger partial charge in [0.25, 0.3) is 0 Å². The minimum atomic E-state index is -1.80. The normalized spacial score (nSPS) is 28.2. The standard InChI is InChI=1S/C61H69NO19/c1-37-50(71-32-43-23-13-7-14-24-43)55(56(59(68)74-37)79-58(67)46-29-19-10-20-30-46)81-60-49(62-38(2)63)53(52(75-40(4)65)48(77-60)36-70-39(3)64)80-61-57(76-41(5)66)54(73-34-45-27-17-9-18-28-45)51(72-33-44-25-15-8-16-26-44)47(78-61)35-69-31-42-21-11-6-12-22-42/h6-30,37,47-57,59-61,68H,31-36H2,1-5H3,(H,62,63)/t37-,47+,48+,49+,50-,51+,52+,53+,54-,55+,56+,57+,59?,60+,61+/m0/s1. The van der Waals surface area contributed by atoms with Gasteiger partial charge in [0, 0.05) is 27.7 Å². The Bertz CT molecular complexity index is 2760. The van der Waals surface area contributed by atoms with Gasteiger partial charge in [-0.3, -0.25) is 19.2 Å². The van der Waals surface area contributed by atoms with E-state index in [9.17, 15) is 29.1 Å². The van der Waals surface area contributed by atoms with Crippen LogP contribution >= 0.6 is 0 Å². The van der Waals surface area contributed by atoms with Crippen molar-refractivity contribution < 1.29 is 90.7 Å². The van der Waals surface area contributed by atoms with Gasteiger partial charge < -0.3 is 72.0 Å². The highest BCUT2D eigenvalue weighted by Gasteiger charge is 2.58. The number of benzene rings is 5. The zero-order valence-corrected chi connectivity index (χ0v) is 45.6. The van der Waals surface area contributed by atoms with Crippen molar-refractivity contribution in [3.05, 3.63) is 179 Å². The van der Waals surface area contributed by atoms with Crippen LogP contribution in [0.25, 0.3) is 0 Å². The smallest absolute Gasteiger partial charge is 0.338 e. The number of rotatable bonds is 24. The van der Waals surface area contributed by atoms with E-state index in [1.165, 1.54) is 32.9 Å². The molecular formula is C61H69NO19. The molecule has 1 unspecified atom stereocenters. The lowest BCUT2D eigenvalue weighted by Gasteiger charge is -2.51. The molecular weight excluding hydrogens is 1050 g/mol. The van der Waals surface area contributed by atoms with Crippen LogP contribution in [0.3, 0.4) is 0 Å². The summed E-state index contributed by atoms with van der Waals surface area (Å²) in [5, 5.41) is 14.6. The summed E-state index contributed by atoms with van der Waals surface area (Å²) < 4.78 is 83.6. The first-order valence-corrected chi connectivity index (χ1v) is 26.7. The number of carbonyl (C=O) groups is 5. The zero-order chi connectivity index (χ0) is 57.3. The first-order chi connectivity index (χ1) is 39.2. The molecule has 0 aromatic heterocycles. The number of amides is 1. The molecule has 1 amide bonds. The minimum absolute atomic E-state index is 0.0000872. The number of hydrogen-bond acceptors (Lipinski definition) is 19. The van der Waals surface area contributed by atoms with Crippen LogP contribution in [0.4, 0.5) is 0 Å². The van der Waals surface area contributed by atoms with Crippen molar-refractivity contribution in [3.63, 3.8) is 0 Å². The van der Waals surface area contributed by atoms with Crippen LogP contribution in [0.2, 0.25) is 0 Å². The maximum atomic E-state index is 13.9. The molecule has 432 valence electrons. The van der Waals surface area contributed by atoms with Gasteiger partial charge in [-0.1, -0.05) is 140 Å². The lowest BCUT2D eigenvalue weighted by Crippen LogP contribution is -2.70. The fourth-order valence-electron chi connectivity index (χ4n) is 9.81. The molecule has 3 aliphatic heterocycles. The second-order valence-electron chi connectivity index (χ2n) is 19.7. The molecule has 81 heavy (non-hydrogen) atoms. The molecule has 5 aromatic rings. The number of nitrogens with one attached hydrogen (secondary N) is 1. The van der Waals surface area contributed by atoms with Crippen molar-refractivity contribution in [2.45, 2.75) is 153 Å². The molecule has 0 saturated carbocycles. The minimum Gasteiger partial charge on any atom is -0.463 e. The monoisotopic (exact) mass is 1120 g/mol. The van der Waals surface area contributed by atoms with E-state index in [2.05, 4.69) is 5.32 Å². The Hall–Kier alpha value is -6.95. The summed E-state index contributed by atoms with van der Waals surface area (Å²) in [6.45, 7) is 5.90. The largest absolute Gasteiger partial charge is 0.463 e. The van der Waals surface area contributed by atoms with Crippen molar-refractivity contribution in [1.82, 2.24) is 5.32 Å². The van der Waals surface area contributed by atoms with Gasteiger partial charge in [-0.25, -0.2) is 4.79 Å².